The van der Waals surface area contributed by atoms with E-state index in [2.05, 4.69) is 0 Å². The molecular weight excluding hydrogens is 276 g/mol. The first-order chi connectivity index (χ1) is 9.37. The molecule has 2 heterocycles. The van der Waals surface area contributed by atoms with Crippen LogP contribution in [0.2, 0.25) is 0 Å². The standard InChI is InChI=1S/C14H18N2O3S/c1-16-12-3-2-9(6-11(12)7-13(16)17)14(15)10-4-5-20(18,19)8-10/h2-3,6,10,14H,4-5,7-8,15H2,1H3. The average Bonchev–Trinajstić information content (AvgIpc) is 2.89. The molecule has 0 radical (unpaired) electrons. The first kappa shape index (κ1) is 13.6. The summed E-state index contributed by atoms with van der Waals surface area (Å²) in [6, 6.07) is 5.48. The molecule has 3 rings (SSSR count). The van der Waals surface area contributed by atoms with E-state index >= 15 is 0 Å². The predicted molar refractivity (Wildman–Crippen MR) is 77.2 cm³/mol. The van der Waals surface area contributed by atoms with Crippen LogP contribution in [0, 0.1) is 5.92 Å². The predicted octanol–water partition coefficient (Wildman–Crippen LogP) is 0.640. The van der Waals surface area contributed by atoms with Gasteiger partial charge < -0.3 is 10.6 Å². The largest absolute Gasteiger partial charge is 0.324 e. The van der Waals surface area contributed by atoms with Gasteiger partial charge in [-0.3, -0.25) is 4.79 Å². The number of amides is 1. The molecule has 20 heavy (non-hydrogen) atoms. The maximum Gasteiger partial charge on any atom is 0.231 e. The Kier molecular flexibility index (Phi) is 3.10. The van der Waals surface area contributed by atoms with Crippen LogP contribution >= 0.6 is 0 Å². The highest BCUT2D eigenvalue weighted by atomic mass is 32.2. The third-order valence-corrected chi connectivity index (χ3v) is 6.13. The lowest BCUT2D eigenvalue weighted by molar-refractivity contribution is -0.117. The number of nitrogens with zero attached hydrogens (tertiary/aromatic N) is 1. The molecule has 2 unspecified atom stereocenters. The molecule has 0 aromatic heterocycles. The molecule has 0 spiro atoms. The lowest BCUT2D eigenvalue weighted by Gasteiger charge is -2.19. The maximum absolute atomic E-state index is 11.7. The van der Waals surface area contributed by atoms with Gasteiger partial charge >= 0.3 is 0 Å². The molecule has 1 aromatic rings. The van der Waals surface area contributed by atoms with Crippen LogP contribution in [0.3, 0.4) is 0 Å². The second kappa shape index (κ2) is 4.56. The Bertz CT molecular complexity index is 669. The quantitative estimate of drug-likeness (QED) is 0.868. The number of hydrogen-bond acceptors (Lipinski definition) is 4. The number of benzene rings is 1. The first-order valence-electron chi connectivity index (χ1n) is 6.73. The van der Waals surface area contributed by atoms with Gasteiger partial charge in [0.2, 0.25) is 5.91 Å². The molecule has 1 amide bonds. The van der Waals surface area contributed by atoms with Gasteiger partial charge in [0.25, 0.3) is 0 Å². The Balaban J connectivity index is 1.86. The van der Waals surface area contributed by atoms with Crippen LogP contribution in [-0.4, -0.2) is 32.9 Å². The Morgan fingerprint density at radius 1 is 1.40 bits per heavy atom. The fourth-order valence-corrected chi connectivity index (χ4v) is 4.93. The van der Waals surface area contributed by atoms with E-state index < -0.39 is 9.84 Å². The summed E-state index contributed by atoms with van der Waals surface area (Å²) in [4.78, 5) is 13.3. The van der Waals surface area contributed by atoms with Gasteiger partial charge in [0.05, 0.1) is 17.9 Å². The molecule has 2 aliphatic rings. The van der Waals surface area contributed by atoms with Crippen LogP contribution in [0.1, 0.15) is 23.6 Å². The van der Waals surface area contributed by atoms with Crippen LogP contribution < -0.4 is 10.6 Å². The van der Waals surface area contributed by atoms with Gasteiger partial charge in [0, 0.05) is 18.8 Å². The van der Waals surface area contributed by atoms with Gasteiger partial charge in [0.1, 0.15) is 0 Å². The molecule has 2 atom stereocenters. The van der Waals surface area contributed by atoms with Crippen LogP contribution in [0.5, 0.6) is 0 Å². The number of carbonyl (C=O) groups is 1. The molecule has 2 aliphatic heterocycles. The summed E-state index contributed by atoms with van der Waals surface area (Å²) in [5.41, 5.74) is 9.05. The van der Waals surface area contributed by atoms with Crippen molar-refractivity contribution in [1.29, 1.82) is 0 Å². The van der Waals surface area contributed by atoms with E-state index in [1.54, 1.807) is 11.9 Å². The number of likely N-dealkylation sites (N-methyl/N-ethyl adjacent to an activating group) is 1. The summed E-state index contributed by atoms with van der Waals surface area (Å²) in [5.74, 6) is 0.462. The zero-order chi connectivity index (χ0) is 14.5. The molecule has 1 fully saturated rings. The van der Waals surface area contributed by atoms with E-state index in [1.165, 1.54) is 0 Å². The fourth-order valence-electron chi connectivity index (χ4n) is 3.08. The number of sulfone groups is 1. The van der Waals surface area contributed by atoms with E-state index in [4.69, 9.17) is 5.73 Å². The molecule has 0 aliphatic carbocycles. The van der Waals surface area contributed by atoms with Gasteiger partial charge in [-0.05, 0) is 29.5 Å². The topological polar surface area (TPSA) is 80.5 Å². The van der Waals surface area contributed by atoms with Gasteiger partial charge in [-0.1, -0.05) is 12.1 Å². The van der Waals surface area contributed by atoms with E-state index in [0.29, 0.717) is 12.8 Å². The molecule has 0 saturated carbocycles. The second-order valence-corrected chi connectivity index (χ2v) is 7.94. The number of fused-ring (bicyclic) bond motifs is 1. The second-order valence-electron chi connectivity index (χ2n) is 5.71. The van der Waals surface area contributed by atoms with E-state index in [-0.39, 0.29) is 29.4 Å². The molecule has 108 valence electrons. The van der Waals surface area contributed by atoms with Crippen molar-refractivity contribution in [3.63, 3.8) is 0 Å². The third kappa shape index (κ3) is 2.23. The highest BCUT2D eigenvalue weighted by Crippen LogP contribution is 2.34. The lowest BCUT2D eigenvalue weighted by atomic mass is 9.92. The Hall–Kier alpha value is -1.40. The normalized spacial score (nSPS) is 25.8. The molecule has 0 bridgehead atoms. The van der Waals surface area contributed by atoms with Crippen molar-refractivity contribution in [3.8, 4) is 0 Å². The average molecular weight is 294 g/mol. The SMILES string of the molecule is CN1C(=O)Cc2cc(C(N)C3CCS(=O)(=O)C3)ccc21. The zero-order valence-electron chi connectivity index (χ0n) is 11.4. The zero-order valence-corrected chi connectivity index (χ0v) is 12.2. The summed E-state index contributed by atoms with van der Waals surface area (Å²) in [7, 11) is -1.16. The van der Waals surface area contributed by atoms with Crippen LogP contribution in [0.4, 0.5) is 5.69 Å². The Morgan fingerprint density at radius 3 is 2.80 bits per heavy atom. The highest BCUT2D eigenvalue weighted by Gasteiger charge is 2.33. The maximum atomic E-state index is 11.7. The molecule has 1 saturated heterocycles. The summed E-state index contributed by atoms with van der Waals surface area (Å²) in [5, 5.41) is 0. The number of carbonyl (C=O) groups excluding carboxylic acids is 1. The Morgan fingerprint density at radius 2 is 2.15 bits per heavy atom. The van der Waals surface area contributed by atoms with Crippen molar-refractivity contribution in [2.75, 3.05) is 23.5 Å². The van der Waals surface area contributed by atoms with Crippen LogP contribution in [0.15, 0.2) is 18.2 Å². The minimum atomic E-state index is -2.92. The number of rotatable bonds is 2. The third-order valence-electron chi connectivity index (χ3n) is 4.34. The van der Waals surface area contributed by atoms with Crippen molar-refractivity contribution in [2.24, 2.45) is 11.7 Å². The number of hydrogen-bond donors (Lipinski definition) is 1. The summed E-state index contributed by atoms with van der Waals surface area (Å²) < 4.78 is 23.1. The Labute approximate surface area is 118 Å². The van der Waals surface area contributed by atoms with Gasteiger partial charge in [-0.2, -0.15) is 0 Å². The van der Waals surface area contributed by atoms with Gasteiger partial charge in [-0.15, -0.1) is 0 Å². The summed E-state index contributed by atoms with van der Waals surface area (Å²) >= 11 is 0. The minimum absolute atomic E-state index is 0.0205. The van der Waals surface area contributed by atoms with Crippen molar-refractivity contribution < 1.29 is 13.2 Å². The van der Waals surface area contributed by atoms with Crippen molar-refractivity contribution in [1.82, 2.24) is 0 Å². The van der Waals surface area contributed by atoms with Gasteiger partial charge in [-0.25, -0.2) is 8.42 Å². The smallest absolute Gasteiger partial charge is 0.231 e. The fraction of sp³-hybridized carbons (Fsp3) is 0.500. The highest BCUT2D eigenvalue weighted by molar-refractivity contribution is 7.91. The molecular formula is C14H18N2O3S. The van der Waals surface area contributed by atoms with Crippen LogP contribution in [0.25, 0.3) is 0 Å². The first-order valence-corrected chi connectivity index (χ1v) is 8.55. The molecule has 1 aromatic carbocycles. The minimum Gasteiger partial charge on any atom is -0.324 e. The summed E-state index contributed by atoms with van der Waals surface area (Å²) in [6.07, 6.45) is 1.02. The lowest BCUT2D eigenvalue weighted by Crippen LogP contribution is -2.22. The monoisotopic (exact) mass is 294 g/mol. The number of anilines is 1. The van der Waals surface area contributed by atoms with Crippen LogP contribution in [-0.2, 0) is 21.1 Å². The van der Waals surface area contributed by atoms with E-state index in [1.807, 2.05) is 18.2 Å². The summed E-state index contributed by atoms with van der Waals surface area (Å²) in [6.45, 7) is 0. The van der Waals surface area contributed by atoms with Crippen molar-refractivity contribution >= 4 is 21.4 Å². The molecule has 2 N–H and O–H groups in total. The number of nitrogens with two attached hydrogens (primary N) is 1. The molecule has 6 heteroatoms. The van der Waals surface area contributed by atoms with E-state index in [9.17, 15) is 13.2 Å². The van der Waals surface area contributed by atoms with Crippen molar-refractivity contribution in [3.05, 3.63) is 29.3 Å². The van der Waals surface area contributed by atoms with Crippen molar-refractivity contribution in [2.45, 2.75) is 18.9 Å². The van der Waals surface area contributed by atoms with E-state index in [0.717, 1.165) is 16.8 Å². The van der Waals surface area contributed by atoms with Gasteiger partial charge in [0.15, 0.2) is 9.84 Å². The molecule has 5 nitrogen and oxygen atoms in total.